The predicted molar refractivity (Wildman–Crippen MR) is 53.8 cm³/mol. The van der Waals surface area contributed by atoms with Crippen molar-refractivity contribution in [3.8, 4) is 0 Å². The molecule has 0 bridgehead atoms. The highest BCUT2D eigenvalue weighted by Gasteiger charge is 2.50. The number of alkyl halides is 2. The fourth-order valence-electron chi connectivity index (χ4n) is 1.75. The van der Waals surface area contributed by atoms with Crippen molar-refractivity contribution in [3.05, 3.63) is 12.7 Å². The van der Waals surface area contributed by atoms with E-state index in [0.29, 0.717) is 0 Å². The largest absolute Gasteiger partial charge is 0.481 e. The summed E-state index contributed by atoms with van der Waals surface area (Å²) in [5.74, 6) is -5.71. The van der Waals surface area contributed by atoms with Gasteiger partial charge in [-0.05, 0) is 0 Å². The number of ether oxygens (including phenoxy) is 1. The fourth-order valence-corrected chi connectivity index (χ4v) is 1.75. The van der Waals surface area contributed by atoms with E-state index in [1.165, 1.54) is 6.08 Å². The van der Waals surface area contributed by atoms with Crippen molar-refractivity contribution in [2.45, 2.75) is 24.8 Å². The summed E-state index contributed by atoms with van der Waals surface area (Å²) in [5.41, 5.74) is 0. The number of hydrogen-bond acceptors (Lipinski definition) is 3. The summed E-state index contributed by atoms with van der Waals surface area (Å²) in [6.45, 7) is 3.25. The monoisotopic (exact) mass is 249 g/mol. The summed E-state index contributed by atoms with van der Waals surface area (Å²) in [7, 11) is 0. The summed E-state index contributed by atoms with van der Waals surface area (Å²) in [5, 5.41) is 10.9. The minimum absolute atomic E-state index is 0.0628. The Bertz CT molecular complexity index is 332. The van der Waals surface area contributed by atoms with E-state index in [-0.39, 0.29) is 6.61 Å². The van der Waals surface area contributed by atoms with E-state index in [4.69, 9.17) is 5.11 Å². The number of aliphatic carboxylic acids is 1. The molecule has 0 saturated heterocycles. The number of alkyl carbamates (subject to hydrolysis) is 1. The first-order chi connectivity index (χ1) is 7.85. The van der Waals surface area contributed by atoms with Crippen molar-refractivity contribution in [3.63, 3.8) is 0 Å². The minimum Gasteiger partial charge on any atom is -0.481 e. The lowest BCUT2D eigenvalue weighted by Crippen LogP contribution is -2.40. The number of amides is 1. The summed E-state index contributed by atoms with van der Waals surface area (Å²) < 4.78 is 30.6. The number of carboxylic acids is 1. The van der Waals surface area contributed by atoms with Gasteiger partial charge >= 0.3 is 12.1 Å². The molecule has 1 amide bonds. The Morgan fingerprint density at radius 3 is 2.71 bits per heavy atom. The molecule has 0 radical (unpaired) electrons. The third-order valence-electron chi connectivity index (χ3n) is 2.48. The summed E-state index contributed by atoms with van der Waals surface area (Å²) in [6, 6.07) is -1.11. The first-order valence-corrected chi connectivity index (χ1v) is 5.00. The van der Waals surface area contributed by atoms with E-state index in [1.807, 2.05) is 0 Å². The van der Waals surface area contributed by atoms with Gasteiger partial charge in [0.2, 0.25) is 0 Å². The van der Waals surface area contributed by atoms with Crippen LogP contribution in [0.5, 0.6) is 0 Å². The Morgan fingerprint density at radius 1 is 1.53 bits per heavy atom. The molecule has 0 aromatic heterocycles. The smallest absolute Gasteiger partial charge is 0.407 e. The number of nitrogens with one attached hydrogen (secondary N) is 1. The molecule has 1 fully saturated rings. The van der Waals surface area contributed by atoms with Crippen LogP contribution < -0.4 is 5.32 Å². The molecule has 1 saturated carbocycles. The first-order valence-electron chi connectivity index (χ1n) is 5.00. The standard InChI is InChI=1S/C10H13F2NO4/c1-2-3-17-9(16)13-7-5-10(11,12)4-6(7)8(14)15/h2,6-7H,1,3-5H2,(H,13,16)(H,14,15)/t6-,7-/m1/s1. The average molecular weight is 249 g/mol. The lowest BCUT2D eigenvalue weighted by Gasteiger charge is -2.16. The predicted octanol–water partition coefficient (Wildman–Crippen LogP) is 1.40. The second kappa shape index (κ2) is 5.11. The van der Waals surface area contributed by atoms with Gasteiger partial charge in [-0.2, -0.15) is 0 Å². The van der Waals surface area contributed by atoms with Crippen LogP contribution in [-0.2, 0) is 9.53 Å². The van der Waals surface area contributed by atoms with Gasteiger partial charge in [-0.15, -0.1) is 0 Å². The number of rotatable bonds is 4. The van der Waals surface area contributed by atoms with E-state index in [2.05, 4.69) is 16.6 Å². The summed E-state index contributed by atoms with van der Waals surface area (Å²) >= 11 is 0. The molecule has 0 heterocycles. The highest BCUT2D eigenvalue weighted by Crippen LogP contribution is 2.39. The average Bonchev–Trinajstić information content (AvgIpc) is 2.50. The third kappa shape index (κ3) is 3.69. The van der Waals surface area contributed by atoms with Gasteiger partial charge in [0.25, 0.3) is 5.92 Å². The molecule has 0 aromatic rings. The second-order valence-corrected chi connectivity index (χ2v) is 3.85. The molecular formula is C10H13F2NO4. The quantitative estimate of drug-likeness (QED) is 0.738. The molecular weight excluding hydrogens is 236 g/mol. The molecule has 2 atom stereocenters. The van der Waals surface area contributed by atoms with Crippen molar-refractivity contribution in [2.75, 3.05) is 6.61 Å². The molecule has 0 aliphatic heterocycles. The van der Waals surface area contributed by atoms with Crippen LogP contribution in [0.1, 0.15) is 12.8 Å². The van der Waals surface area contributed by atoms with E-state index in [9.17, 15) is 18.4 Å². The molecule has 1 rings (SSSR count). The van der Waals surface area contributed by atoms with Crippen molar-refractivity contribution < 1.29 is 28.2 Å². The molecule has 0 aromatic carbocycles. The highest BCUT2D eigenvalue weighted by atomic mass is 19.3. The topological polar surface area (TPSA) is 75.6 Å². The second-order valence-electron chi connectivity index (χ2n) is 3.85. The SMILES string of the molecule is C=CCOC(=O)N[C@@H]1CC(F)(F)C[C@H]1C(=O)O. The zero-order valence-electron chi connectivity index (χ0n) is 8.99. The molecule has 2 N–H and O–H groups in total. The summed E-state index contributed by atoms with van der Waals surface area (Å²) in [6.07, 6.45) is -1.06. The maximum atomic E-state index is 13.0. The minimum atomic E-state index is -3.07. The van der Waals surface area contributed by atoms with Crippen LogP contribution in [0, 0.1) is 5.92 Å². The molecule has 17 heavy (non-hydrogen) atoms. The number of carbonyl (C=O) groups excluding carboxylic acids is 1. The Balaban J connectivity index is 2.59. The number of hydrogen-bond donors (Lipinski definition) is 2. The molecule has 1 aliphatic carbocycles. The van der Waals surface area contributed by atoms with Crippen LogP contribution in [0.4, 0.5) is 13.6 Å². The van der Waals surface area contributed by atoms with Crippen LogP contribution in [0.15, 0.2) is 12.7 Å². The molecule has 0 unspecified atom stereocenters. The van der Waals surface area contributed by atoms with Gasteiger partial charge in [-0.3, -0.25) is 4.79 Å². The van der Waals surface area contributed by atoms with Crippen LogP contribution in [-0.4, -0.2) is 35.7 Å². The first kappa shape index (κ1) is 13.4. The molecule has 5 nitrogen and oxygen atoms in total. The van der Waals surface area contributed by atoms with Crippen molar-refractivity contribution >= 4 is 12.1 Å². The van der Waals surface area contributed by atoms with Gasteiger partial charge in [0.05, 0.1) is 12.0 Å². The van der Waals surface area contributed by atoms with Crippen molar-refractivity contribution in [1.82, 2.24) is 5.32 Å². The van der Waals surface area contributed by atoms with Gasteiger partial charge < -0.3 is 15.2 Å². The fraction of sp³-hybridized carbons (Fsp3) is 0.600. The lowest BCUT2D eigenvalue weighted by atomic mass is 10.0. The zero-order chi connectivity index (χ0) is 13.1. The van der Waals surface area contributed by atoms with Gasteiger partial charge in [-0.1, -0.05) is 12.7 Å². The van der Waals surface area contributed by atoms with Gasteiger partial charge in [-0.25, -0.2) is 13.6 Å². The normalized spacial score (nSPS) is 26.2. The molecule has 7 heteroatoms. The highest BCUT2D eigenvalue weighted by molar-refractivity contribution is 5.74. The molecule has 96 valence electrons. The lowest BCUT2D eigenvalue weighted by molar-refractivity contribution is -0.143. The maximum absolute atomic E-state index is 13.0. The van der Waals surface area contributed by atoms with E-state index in [1.54, 1.807) is 0 Å². The van der Waals surface area contributed by atoms with Crippen LogP contribution in [0.3, 0.4) is 0 Å². The van der Waals surface area contributed by atoms with E-state index in [0.717, 1.165) is 0 Å². The summed E-state index contributed by atoms with van der Waals surface area (Å²) in [4.78, 5) is 21.9. The van der Waals surface area contributed by atoms with Crippen molar-refractivity contribution in [1.29, 1.82) is 0 Å². The Morgan fingerprint density at radius 2 is 2.18 bits per heavy atom. The van der Waals surface area contributed by atoms with Gasteiger partial charge in [0.15, 0.2) is 0 Å². The number of carboxylic acid groups (broad SMARTS) is 1. The van der Waals surface area contributed by atoms with E-state index < -0.39 is 42.8 Å². The van der Waals surface area contributed by atoms with Crippen LogP contribution in [0.2, 0.25) is 0 Å². The van der Waals surface area contributed by atoms with Crippen LogP contribution >= 0.6 is 0 Å². The maximum Gasteiger partial charge on any atom is 0.407 e. The Kier molecular flexibility index (Phi) is 4.03. The zero-order valence-corrected chi connectivity index (χ0v) is 8.99. The Hall–Kier alpha value is -1.66. The molecule has 0 spiro atoms. The van der Waals surface area contributed by atoms with Crippen LogP contribution in [0.25, 0.3) is 0 Å². The van der Waals surface area contributed by atoms with Gasteiger partial charge in [0.1, 0.15) is 6.61 Å². The third-order valence-corrected chi connectivity index (χ3v) is 2.48. The van der Waals surface area contributed by atoms with E-state index >= 15 is 0 Å². The van der Waals surface area contributed by atoms with Crippen molar-refractivity contribution in [2.24, 2.45) is 5.92 Å². The van der Waals surface area contributed by atoms with Gasteiger partial charge in [0, 0.05) is 12.8 Å². The number of halogens is 2. The molecule has 1 aliphatic rings. The number of carbonyl (C=O) groups is 2. The Labute approximate surface area is 96.4 Å².